The number of allylic oxidation sites excluding steroid dienone is 4. The van der Waals surface area contributed by atoms with Gasteiger partial charge in [-0.05, 0) is 12.3 Å². The van der Waals surface area contributed by atoms with E-state index < -0.39 is 0 Å². The van der Waals surface area contributed by atoms with Gasteiger partial charge in [0.05, 0.1) is 5.83 Å². The van der Waals surface area contributed by atoms with Crippen LogP contribution in [0.1, 0.15) is 26.7 Å². The summed E-state index contributed by atoms with van der Waals surface area (Å²) in [6, 6.07) is 0. The first-order valence-corrected chi connectivity index (χ1v) is 4.17. The van der Waals surface area contributed by atoms with Crippen molar-refractivity contribution in [2.75, 3.05) is 0 Å². The summed E-state index contributed by atoms with van der Waals surface area (Å²) in [5.74, 6) is 0.632. The highest BCUT2D eigenvalue weighted by molar-refractivity contribution is 6.23. The van der Waals surface area contributed by atoms with Crippen LogP contribution in [0.3, 0.4) is 0 Å². The molecule has 0 radical (unpaired) electrons. The summed E-state index contributed by atoms with van der Waals surface area (Å²) >= 11 is 0. The van der Waals surface area contributed by atoms with E-state index in [0.717, 1.165) is 11.9 Å². The third-order valence-corrected chi connectivity index (χ3v) is 2.20. The molecule has 1 aliphatic carbocycles. The van der Waals surface area contributed by atoms with Crippen LogP contribution in [0.25, 0.3) is 0 Å². The predicted molar refractivity (Wildman–Crippen MR) is 48.8 cm³/mol. The zero-order chi connectivity index (χ0) is 8.43. The Balaban J connectivity index is 2.81. The monoisotopic (exact) mass is 152 g/mol. The fourth-order valence-corrected chi connectivity index (χ4v) is 1.34. The molecule has 0 saturated carbocycles. The summed E-state index contributed by atoms with van der Waals surface area (Å²) in [6.45, 7) is 4.31. The Hall–Kier alpha value is -0.525. The van der Waals surface area contributed by atoms with Gasteiger partial charge >= 0.3 is 0 Å². The van der Waals surface area contributed by atoms with E-state index in [1.807, 2.05) is 13.9 Å². The molecule has 0 fully saturated rings. The van der Waals surface area contributed by atoms with Gasteiger partial charge in [0, 0.05) is 6.42 Å². The first kappa shape index (κ1) is 8.57. The Morgan fingerprint density at radius 2 is 2.09 bits per heavy atom. The zero-order valence-electron chi connectivity index (χ0n) is 7.45. The van der Waals surface area contributed by atoms with E-state index in [1.165, 1.54) is 5.57 Å². The molecule has 0 saturated heterocycles. The molecule has 0 atom stereocenters. The second kappa shape index (κ2) is 3.25. The molecule has 0 nitrogen and oxygen atoms in total. The summed E-state index contributed by atoms with van der Waals surface area (Å²) in [5, 5.41) is 0. The quantitative estimate of drug-likeness (QED) is 0.505. The predicted octanol–water partition coefficient (Wildman–Crippen LogP) is 2.18. The van der Waals surface area contributed by atoms with Gasteiger partial charge in [-0.3, -0.25) is 0 Å². The highest BCUT2D eigenvalue weighted by Gasteiger charge is 2.11. The lowest BCUT2D eigenvalue weighted by Crippen LogP contribution is -2.01. The molecule has 0 aromatic heterocycles. The molecule has 1 aliphatic rings. The minimum absolute atomic E-state index is 0.0643. The molecule has 0 heterocycles. The zero-order valence-corrected chi connectivity index (χ0v) is 7.45. The van der Waals surface area contributed by atoms with Crippen LogP contribution in [0.5, 0.6) is 0 Å². The summed E-state index contributed by atoms with van der Waals surface area (Å²) in [6.07, 6.45) is 3.50. The van der Waals surface area contributed by atoms with Crippen molar-refractivity contribution in [3.8, 4) is 0 Å². The Morgan fingerprint density at radius 1 is 1.45 bits per heavy atom. The lowest BCUT2D eigenvalue weighted by Gasteiger charge is -2.16. The molecular weight excluding hydrogens is 138 g/mol. The van der Waals surface area contributed by atoms with E-state index in [1.54, 1.807) is 0 Å². The highest BCUT2D eigenvalue weighted by Crippen LogP contribution is 2.27. The van der Waals surface area contributed by atoms with Gasteiger partial charge in [-0.1, -0.05) is 31.0 Å². The Bertz CT molecular complexity index is 214. The first-order chi connectivity index (χ1) is 5.11. The van der Waals surface area contributed by atoms with E-state index in [0.29, 0.717) is 12.3 Å². The minimum atomic E-state index is 0.0643. The minimum Gasteiger partial charge on any atom is -0.212 e. The fourth-order valence-electron chi connectivity index (χ4n) is 1.34. The number of halogens is 1. The average molecular weight is 152 g/mol. The molecule has 1 rings (SSSR count). The standard InChI is InChI=1S/C9H14BF/c1-6(2)7-3-4-9(11)8(10)5-7/h5-6H,3-4,10H2,1-2H3. The van der Waals surface area contributed by atoms with Crippen molar-refractivity contribution in [1.82, 2.24) is 0 Å². The van der Waals surface area contributed by atoms with Crippen molar-refractivity contribution in [3.63, 3.8) is 0 Å². The Morgan fingerprint density at radius 3 is 2.55 bits per heavy atom. The van der Waals surface area contributed by atoms with Gasteiger partial charge < -0.3 is 0 Å². The maximum atomic E-state index is 12.8. The lowest BCUT2D eigenvalue weighted by molar-refractivity contribution is 0.562. The summed E-state index contributed by atoms with van der Waals surface area (Å²) in [7, 11) is 1.84. The van der Waals surface area contributed by atoms with E-state index in [9.17, 15) is 4.39 Å². The van der Waals surface area contributed by atoms with Crippen LogP contribution in [0.15, 0.2) is 22.9 Å². The van der Waals surface area contributed by atoms with Gasteiger partial charge in [0.1, 0.15) is 7.85 Å². The SMILES string of the molecule is BC1=C(F)CCC(C(C)C)=C1. The van der Waals surface area contributed by atoms with Crippen LogP contribution in [0.4, 0.5) is 4.39 Å². The molecule has 60 valence electrons. The van der Waals surface area contributed by atoms with Crippen LogP contribution >= 0.6 is 0 Å². The third-order valence-electron chi connectivity index (χ3n) is 2.20. The van der Waals surface area contributed by atoms with Gasteiger partial charge in [-0.15, -0.1) is 0 Å². The Kier molecular flexibility index (Phi) is 2.53. The normalized spacial score (nSPS) is 19.1. The maximum absolute atomic E-state index is 12.8. The van der Waals surface area contributed by atoms with Crippen LogP contribution in [0, 0.1) is 5.92 Å². The van der Waals surface area contributed by atoms with Crippen molar-refractivity contribution in [1.29, 1.82) is 0 Å². The first-order valence-electron chi connectivity index (χ1n) is 4.17. The van der Waals surface area contributed by atoms with Crippen molar-refractivity contribution in [2.24, 2.45) is 5.92 Å². The van der Waals surface area contributed by atoms with Gasteiger partial charge in [-0.2, -0.15) is 0 Å². The summed E-state index contributed by atoms with van der Waals surface area (Å²) in [4.78, 5) is 0. The molecule has 0 N–H and O–H groups in total. The second-order valence-corrected chi connectivity index (χ2v) is 3.46. The molecule has 2 heteroatoms. The lowest BCUT2D eigenvalue weighted by atomic mass is 9.83. The molecule has 0 aromatic carbocycles. The molecule has 0 aliphatic heterocycles. The maximum Gasteiger partial charge on any atom is 0.142 e. The van der Waals surface area contributed by atoms with E-state index in [-0.39, 0.29) is 5.83 Å². The molecule has 0 spiro atoms. The van der Waals surface area contributed by atoms with Crippen molar-refractivity contribution < 1.29 is 4.39 Å². The molecule has 0 amide bonds. The highest BCUT2D eigenvalue weighted by atomic mass is 19.1. The Labute approximate surface area is 68.6 Å². The van der Waals surface area contributed by atoms with E-state index in [4.69, 9.17) is 0 Å². The topological polar surface area (TPSA) is 0 Å². The van der Waals surface area contributed by atoms with Gasteiger partial charge in [0.2, 0.25) is 0 Å². The van der Waals surface area contributed by atoms with Crippen molar-refractivity contribution >= 4 is 7.85 Å². The number of hydrogen-bond donors (Lipinski definition) is 0. The van der Waals surface area contributed by atoms with Crippen molar-refractivity contribution in [3.05, 3.63) is 22.9 Å². The van der Waals surface area contributed by atoms with Crippen LogP contribution in [-0.4, -0.2) is 7.85 Å². The molecular formula is C9H14BF. The summed E-state index contributed by atoms with van der Waals surface area (Å²) < 4.78 is 12.8. The number of hydrogen-bond acceptors (Lipinski definition) is 0. The smallest absolute Gasteiger partial charge is 0.142 e. The molecule has 0 unspecified atom stereocenters. The van der Waals surface area contributed by atoms with Crippen LogP contribution in [-0.2, 0) is 0 Å². The average Bonchev–Trinajstić information content (AvgIpc) is 1.94. The third kappa shape index (κ3) is 1.95. The van der Waals surface area contributed by atoms with Gasteiger partial charge in [0.15, 0.2) is 0 Å². The molecule has 0 bridgehead atoms. The van der Waals surface area contributed by atoms with E-state index in [2.05, 4.69) is 13.8 Å². The van der Waals surface area contributed by atoms with Crippen molar-refractivity contribution in [2.45, 2.75) is 26.7 Å². The summed E-state index contributed by atoms with van der Waals surface area (Å²) in [5.41, 5.74) is 2.20. The van der Waals surface area contributed by atoms with E-state index >= 15 is 0 Å². The fraction of sp³-hybridized carbons (Fsp3) is 0.556. The molecule has 11 heavy (non-hydrogen) atoms. The van der Waals surface area contributed by atoms with Gasteiger partial charge in [0.25, 0.3) is 0 Å². The van der Waals surface area contributed by atoms with Crippen LogP contribution in [0.2, 0.25) is 0 Å². The second-order valence-electron chi connectivity index (χ2n) is 3.46. The van der Waals surface area contributed by atoms with Crippen LogP contribution < -0.4 is 0 Å². The number of rotatable bonds is 1. The largest absolute Gasteiger partial charge is 0.212 e. The van der Waals surface area contributed by atoms with Gasteiger partial charge in [-0.25, -0.2) is 4.39 Å². The molecule has 0 aromatic rings.